The zero-order valence-corrected chi connectivity index (χ0v) is 11.6. The van der Waals surface area contributed by atoms with Crippen molar-refractivity contribution in [1.82, 2.24) is 25.1 Å². The lowest BCUT2D eigenvalue weighted by molar-refractivity contribution is -0.129. The predicted octanol–water partition coefficient (Wildman–Crippen LogP) is 1.86. The first-order valence-electron chi connectivity index (χ1n) is 6.77. The summed E-state index contributed by atoms with van der Waals surface area (Å²) in [5, 5.41) is 6.86. The quantitative estimate of drug-likeness (QED) is 0.904. The fourth-order valence-corrected chi connectivity index (χ4v) is 2.69. The monoisotopic (exact) mass is 271 g/mol. The van der Waals surface area contributed by atoms with Crippen LogP contribution in [0.2, 0.25) is 0 Å². The third-order valence-corrected chi connectivity index (χ3v) is 3.60. The summed E-state index contributed by atoms with van der Waals surface area (Å²) in [4.78, 5) is 22.7. The van der Waals surface area contributed by atoms with Gasteiger partial charge in [-0.25, -0.2) is 9.97 Å². The third kappa shape index (κ3) is 2.29. The largest absolute Gasteiger partial charge is 0.333 e. The van der Waals surface area contributed by atoms with E-state index in [-0.39, 0.29) is 11.9 Å². The minimum Gasteiger partial charge on any atom is -0.333 e. The molecule has 104 valence electrons. The van der Waals surface area contributed by atoms with Crippen LogP contribution in [0, 0.1) is 6.92 Å². The summed E-state index contributed by atoms with van der Waals surface area (Å²) >= 11 is 0. The molecule has 20 heavy (non-hydrogen) atoms. The molecule has 2 aromatic heterocycles. The molecule has 1 fully saturated rings. The zero-order valence-electron chi connectivity index (χ0n) is 11.6. The molecule has 6 heteroatoms. The Balaban J connectivity index is 2.00. The van der Waals surface area contributed by atoms with E-state index in [1.165, 1.54) is 0 Å². The van der Waals surface area contributed by atoms with Crippen molar-refractivity contribution in [3.63, 3.8) is 0 Å². The highest BCUT2D eigenvalue weighted by atomic mass is 16.2. The Morgan fingerprint density at radius 2 is 2.30 bits per heavy atom. The minimum atomic E-state index is -0.00549. The molecule has 0 aromatic carbocycles. The first-order valence-corrected chi connectivity index (χ1v) is 6.77. The zero-order chi connectivity index (χ0) is 14.1. The van der Waals surface area contributed by atoms with Crippen LogP contribution in [0.1, 0.15) is 37.3 Å². The first-order chi connectivity index (χ1) is 9.65. The number of aryl methyl sites for hydroxylation is 1. The summed E-state index contributed by atoms with van der Waals surface area (Å²) in [6.45, 7) is 4.33. The number of aromatic nitrogens is 4. The molecule has 6 nitrogen and oxygen atoms in total. The first kappa shape index (κ1) is 12.8. The van der Waals surface area contributed by atoms with E-state index in [0.29, 0.717) is 0 Å². The minimum absolute atomic E-state index is 0.00549. The van der Waals surface area contributed by atoms with Crippen LogP contribution in [-0.2, 0) is 4.79 Å². The van der Waals surface area contributed by atoms with Gasteiger partial charge in [0.2, 0.25) is 5.91 Å². The molecule has 1 amide bonds. The molecule has 1 aliphatic rings. The average Bonchev–Trinajstić information content (AvgIpc) is 3.09. The van der Waals surface area contributed by atoms with Crippen molar-refractivity contribution in [2.75, 3.05) is 6.54 Å². The van der Waals surface area contributed by atoms with Crippen LogP contribution < -0.4 is 0 Å². The number of H-pyrrole nitrogens is 1. The molecular weight excluding hydrogens is 254 g/mol. The van der Waals surface area contributed by atoms with E-state index in [1.54, 1.807) is 13.1 Å². The van der Waals surface area contributed by atoms with Gasteiger partial charge in [0, 0.05) is 25.4 Å². The molecule has 3 rings (SSSR count). The molecule has 2 aromatic rings. The molecule has 1 atom stereocenters. The summed E-state index contributed by atoms with van der Waals surface area (Å²) in [5.41, 5.74) is 2.58. The SMILES string of the molecule is CC(=O)N1CCCC1c1nc(C)cc(-c2ccn[nH]2)n1. The van der Waals surface area contributed by atoms with Crippen molar-refractivity contribution in [3.05, 3.63) is 29.8 Å². The van der Waals surface area contributed by atoms with Crippen molar-refractivity contribution < 1.29 is 4.79 Å². The van der Waals surface area contributed by atoms with Gasteiger partial charge in [-0.15, -0.1) is 0 Å². The summed E-state index contributed by atoms with van der Waals surface area (Å²) in [7, 11) is 0. The molecule has 1 saturated heterocycles. The van der Waals surface area contributed by atoms with E-state index in [2.05, 4.69) is 20.2 Å². The Hall–Kier alpha value is -2.24. The van der Waals surface area contributed by atoms with E-state index in [0.717, 1.165) is 42.3 Å². The predicted molar refractivity (Wildman–Crippen MR) is 73.7 cm³/mol. The van der Waals surface area contributed by atoms with Gasteiger partial charge in [0.05, 0.1) is 17.4 Å². The second-order valence-electron chi connectivity index (χ2n) is 5.09. The third-order valence-electron chi connectivity index (χ3n) is 3.60. The fourth-order valence-electron chi connectivity index (χ4n) is 2.69. The maximum absolute atomic E-state index is 11.7. The second-order valence-corrected chi connectivity index (χ2v) is 5.09. The average molecular weight is 271 g/mol. The van der Waals surface area contributed by atoms with Crippen LogP contribution in [-0.4, -0.2) is 37.5 Å². The van der Waals surface area contributed by atoms with Gasteiger partial charge in [-0.2, -0.15) is 5.10 Å². The van der Waals surface area contributed by atoms with Crippen LogP contribution in [0.4, 0.5) is 0 Å². The van der Waals surface area contributed by atoms with Crippen LogP contribution in [0.5, 0.6) is 0 Å². The molecule has 3 heterocycles. The van der Waals surface area contributed by atoms with Gasteiger partial charge in [-0.1, -0.05) is 0 Å². The lowest BCUT2D eigenvalue weighted by Gasteiger charge is -2.22. The number of hydrogen-bond donors (Lipinski definition) is 1. The van der Waals surface area contributed by atoms with Gasteiger partial charge in [0.25, 0.3) is 0 Å². The number of rotatable bonds is 2. The van der Waals surface area contributed by atoms with E-state index in [1.807, 2.05) is 24.0 Å². The number of nitrogens with one attached hydrogen (secondary N) is 1. The van der Waals surface area contributed by atoms with Crippen LogP contribution >= 0.6 is 0 Å². The van der Waals surface area contributed by atoms with Gasteiger partial charge in [-0.3, -0.25) is 9.89 Å². The number of carbonyl (C=O) groups is 1. The van der Waals surface area contributed by atoms with Crippen LogP contribution in [0.25, 0.3) is 11.4 Å². The second kappa shape index (κ2) is 5.03. The standard InChI is InChI=1S/C14H17N5O/c1-9-8-12(11-5-6-15-18-11)17-14(16-9)13-4-3-7-19(13)10(2)20/h5-6,8,13H,3-4,7H2,1-2H3,(H,15,18). The number of likely N-dealkylation sites (tertiary alicyclic amines) is 1. The topological polar surface area (TPSA) is 74.8 Å². The van der Waals surface area contributed by atoms with Gasteiger partial charge in [0.15, 0.2) is 5.82 Å². The van der Waals surface area contributed by atoms with Crippen LogP contribution in [0.15, 0.2) is 18.3 Å². The normalized spacial score (nSPS) is 18.5. The van der Waals surface area contributed by atoms with Crippen molar-refractivity contribution in [2.45, 2.75) is 32.7 Å². The highest BCUT2D eigenvalue weighted by Crippen LogP contribution is 2.30. The smallest absolute Gasteiger partial charge is 0.220 e. The Labute approximate surface area is 117 Å². The Kier molecular flexibility index (Phi) is 3.22. The molecule has 0 radical (unpaired) electrons. The van der Waals surface area contributed by atoms with Crippen molar-refractivity contribution in [1.29, 1.82) is 0 Å². The lowest BCUT2D eigenvalue weighted by atomic mass is 10.2. The highest BCUT2D eigenvalue weighted by molar-refractivity contribution is 5.74. The van der Waals surface area contributed by atoms with Crippen molar-refractivity contribution >= 4 is 5.91 Å². The maximum Gasteiger partial charge on any atom is 0.220 e. The summed E-state index contributed by atoms with van der Waals surface area (Å²) in [5.74, 6) is 0.808. The number of amides is 1. The van der Waals surface area contributed by atoms with Crippen molar-refractivity contribution in [2.24, 2.45) is 0 Å². The van der Waals surface area contributed by atoms with E-state index in [4.69, 9.17) is 0 Å². The van der Waals surface area contributed by atoms with E-state index >= 15 is 0 Å². The summed E-state index contributed by atoms with van der Waals surface area (Å²) < 4.78 is 0. The number of aromatic amines is 1. The number of hydrogen-bond acceptors (Lipinski definition) is 4. The van der Waals surface area contributed by atoms with E-state index in [9.17, 15) is 4.79 Å². The molecule has 0 spiro atoms. The molecule has 1 unspecified atom stereocenters. The van der Waals surface area contributed by atoms with Crippen LogP contribution in [0.3, 0.4) is 0 Å². The summed E-state index contributed by atoms with van der Waals surface area (Å²) in [6.07, 6.45) is 3.62. The maximum atomic E-state index is 11.7. The summed E-state index contributed by atoms with van der Waals surface area (Å²) in [6, 6.07) is 3.79. The molecule has 0 bridgehead atoms. The van der Waals surface area contributed by atoms with Gasteiger partial charge < -0.3 is 4.90 Å². The van der Waals surface area contributed by atoms with Gasteiger partial charge in [0.1, 0.15) is 0 Å². The Morgan fingerprint density at radius 3 is 3.00 bits per heavy atom. The molecule has 1 aliphatic heterocycles. The lowest BCUT2D eigenvalue weighted by Crippen LogP contribution is -2.29. The Bertz CT molecular complexity index is 622. The molecule has 1 N–H and O–H groups in total. The number of nitrogens with zero attached hydrogens (tertiary/aromatic N) is 4. The molecule has 0 aliphatic carbocycles. The Morgan fingerprint density at radius 1 is 1.45 bits per heavy atom. The highest BCUT2D eigenvalue weighted by Gasteiger charge is 2.30. The van der Waals surface area contributed by atoms with E-state index < -0.39 is 0 Å². The molecule has 0 saturated carbocycles. The fraction of sp³-hybridized carbons (Fsp3) is 0.429. The van der Waals surface area contributed by atoms with Gasteiger partial charge in [-0.05, 0) is 31.9 Å². The number of carbonyl (C=O) groups excluding carboxylic acids is 1. The molecular formula is C14H17N5O. The van der Waals surface area contributed by atoms with Gasteiger partial charge >= 0.3 is 0 Å². The van der Waals surface area contributed by atoms with Crippen molar-refractivity contribution in [3.8, 4) is 11.4 Å².